The molecule has 26 heavy (non-hydrogen) atoms. The number of hydrazone groups is 1. The van der Waals surface area contributed by atoms with Crippen LogP contribution in [0, 0.1) is 29.1 Å². The number of nitrogens with one attached hydrogen (secondary N) is 1. The third-order valence-electron chi connectivity index (χ3n) is 3.43. The number of fused-ring (bicyclic) bond motifs is 1. The molecule has 1 amide bonds. The third kappa shape index (κ3) is 3.10. The first-order valence-electron chi connectivity index (χ1n) is 7.10. The molecule has 0 unspecified atom stereocenters. The zero-order chi connectivity index (χ0) is 18.8. The molecule has 0 saturated carbocycles. The molecule has 132 valence electrons. The van der Waals surface area contributed by atoms with E-state index in [-0.39, 0.29) is 5.69 Å². The molecular weight excluding hydrogens is 357 g/mol. The first kappa shape index (κ1) is 17.5. The molecule has 1 heterocycles. The Hall–Kier alpha value is -3.36. The number of para-hydroxylation sites is 1. The number of rotatable bonds is 3. The van der Waals surface area contributed by atoms with Crippen molar-refractivity contribution in [1.29, 1.82) is 0 Å². The van der Waals surface area contributed by atoms with Gasteiger partial charge >= 0.3 is 0 Å². The highest BCUT2D eigenvalue weighted by atomic mass is 19.2. The Morgan fingerprint density at radius 3 is 2.19 bits per heavy atom. The van der Waals surface area contributed by atoms with Crippen molar-refractivity contribution in [2.45, 2.75) is 0 Å². The molecule has 0 aliphatic rings. The standard InChI is InChI=1S/C17H8F5N3O/c18-12-9(13(19)15(21)16(22)14(12)20)7-23-25-17(26)11-6-5-8-3-1-2-4-10(8)24-11/h1-7H,(H,25,26). The Balaban J connectivity index is 1.83. The van der Waals surface area contributed by atoms with Crippen LogP contribution >= 0.6 is 0 Å². The number of nitrogens with zero attached hydrogens (tertiary/aromatic N) is 2. The highest BCUT2D eigenvalue weighted by molar-refractivity contribution is 5.95. The number of carbonyl (C=O) groups is 1. The normalized spacial score (nSPS) is 11.3. The molecule has 0 fully saturated rings. The summed E-state index contributed by atoms with van der Waals surface area (Å²) in [5, 5.41) is 4.02. The number of pyridine rings is 1. The monoisotopic (exact) mass is 365 g/mol. The minimum Gasteiger partial charge on any atom is -0.266 e. The molecular formula is C17H8F5N3O. The predicted molar refractivity (Wildman–Crippen MR) is 83.0 cm³/mol. The highest BCUT2D eigenvalue weighted by Crippen LogP contribution is 2.21. The van der Waals surface area contributed by atoms with Crippen molar-refractivity contribution in [2.24, 2.45) is 5.10 Å². The summed E-state index contributed by atoms with van der Waals surface area (Å²) >= 11 is 0. The Morgan fingerprint density at radius 1 is 0.885 bits per heavy atom. The Morgan fingerprint density at radius 2 is 1.50 bits per heavy atom. The number of aromatic nitrogens is 1. The van der Waals surface area contributed by atoms with E-state index < -0.39 is 40.6 Å². The van der Waals surface area contributed by atoms with Crippen LogP contribution < -0.4 is 5.43 Å². The lowest BCUT2D eigenvalue weighted by atomic mass is 10.2. The van der Waals surface area contributed by atoms with Gasteiger partial charge in [-0.1, -0.05) is 24.3 Å². The van der Waals surface area contributed by atoms with Gasteiger partial charge in [0.1, 0.15) is 5.69 Å². The largest absolute Gasteiger partial charge is 0.289 e. The van der Waals surface area contributed by atoms with Crippen molar-refractivity contribution in [1.82, 2.24) is 10.4 Å². The van der Waals surface area contributed by atoms with Gasteiger partial charge < -0.3 is 0 Å². The van der Waals surface area contributed by atoms with E-state index in [1.165, 1.54) is 6.07 Å². The van der Waals surface area contributed by atoms with Crippen LogP contribution in [0.3, 0.4) is 0 Å². The summed E-state index contributed by atoms with van der Waals surface area (Å²) in [5.74, 6) is -11.4. The SMILES string of the molecule is O=C(NN=Cc1c(F)c(F)c(F)c(F)c1F)c1ccc2ccccc2n1. The second kappa shape index (κ2) is 6.87. The lowest BCUT2D eigenvalue weighted by molar-refractivity contribution is 0.0950. The van der Waals surface area contributed by atoms with Crippen molar-refractivity contribution >= 4 is 23.0 Å². The molecule has 9 heteroatoms. The number of halogens is 5. The molecule has 0 atom stereocenters. The summed E-state index contributed by atoms with van der Waals surface area (Å²) < 4.78 is 66.1. The molecule has 3 aromatic rings. The smallest absolute Gasteiger partial charge is 0.266 e. The molecule has 1 aromatic heterocycles. The van der Waals surface area contributed by atoms with E-state index in [1.807, 2.05) is 5.43 Å². The van der Waals surface area contributed by atoms with Crippen molar-refractivity contribution in [3.8, 4) is 0 Å². The van der Waals surface area contributed by atoms with Crippen molar-refractivity contribution in [3.63, 3.8) is 0 Å². The maximum absolute atomic E-state index is 13.5. The molecule has 0 saturated heterocycles. The zero-order valence-electron chi connectivity index (χ0n) is 12.7. The molecule has 0 bridgehead atoms. The number of hydrogen-bond donors (Lipinski definition) is 1. The first-order chi connectivity index (χ1) is 12.4. The van der Waals surface area contributed by atoms with Crippen molar-refractivity contribution in [2.75, 3.05) is 0 Å². The topological polar surface area (TPSA) is 54.4 Å². The summed E-state index contributed by atoms with van der Waals surface area (Å²) in [7, 11) is 0. The van der Waals surface area contributed by atoms with Gasteiger partial charge in [0, 0.05) is 5.39 Å². The van der Waals surface area contributed by atoms with Gasteiger partial charge in [-0.2, -0.15) is 5.10 Å². The van der Waals surface area contributed by atoms with E-state index in [1.54, 1.807) is 30.3 Å². The molecule has 4 nitrogen and oxygen atoms in total. The number of amides is 1. The lowest BCUT2D eigenvalue weighted by Crippen LogP contribution is -2.19. The highest BCUT2D eigenvalue weighted by Gasteiger charge is 2.24. The van der Waals surface area contributed by atoms with E-state index in [9.17, 15) is 26.7 Å². The molecule has 3 rings (SSSR count). The minimum absolute atomic E-state index is 0.0433. The Bertz CT molecular complexity index is 1020. The van der Waals surface area contributed by atoms with E-state index in [0.29, 0.717) is 11.7 Å². The van der Waals surface area contributed by atoms with Crippen molar-refractivity contribution in [3.05, 3.63) is 76.7 Å². The molecule has 0 spiro atoms. The van der Waals surface area contributed by atoms with Gasteiger partial charge in [-0.3, -0.25) is 4.79 Å². The molecule has 0 aliphatic carbocycles. The maximum atomic E-state index is 13.5. The fourth-order valence-corrected chi connectivity index (χ4v) is 2.14. The fraction of sp³-hybridized carbons (Fsp3) is 0. The third-order valence-corrected chi connectivity index (χ3v) is 3.43. The quantitative estimate of drug-likeness (QED) is 0.253. The Labute approximate surface area is 143 Å². The average Bonchev–Trinajstić information content (AvgIpc) is 2.67. The summed E-state index contributed by atoms with van der Waals surface area (Å²) in [6.45, 7) is 0. The summed E-state index contributed by atoms with van der Waals surface area (Å²) in [5.41, 5.74) is 1.13. The fourth-order valence-electron chi connectivity index (χ4n) is 2.14. The maximum Gasteiger partial charge on any atom is 0.289 e. The molecule has 1 N–H and O–H groups in total. The van der Waals surface area contributed by atoms with Crippen LogP contribution in [0.1, 0.15) is 16.1 Å². The van der Waals surface area contributed by atoms with E-state index in [0.717, 1.165) is 5.39 Å². The Kier molecular flexibility index (Phi) is 4.61. The predicted octanol–water partition coefficient (Wildman–Crippen LogP) is 3.69. The van der Waals surface area contributed by atoms with Crippen LogP contribution in [-0.2, 0) is 0 Å². The second-order valence-corrected chi connectivity index (χ2v) is 5.07. The van der Waals surface area contributed by atoms with Crippen molar-refractivity contribution < 1.29 is 26.7 Å². The van der Waals surface area contributed by atoms with Gasteiger partial charge in [-0.05, 0) is 12.1 Å². The van der Waals surface area contributed by atoms with Crippen LogP contribution in [0.15, 0.2) is 41.5 Å². The zero-order valence-corrected chi connectivity index (χ0v) is 12.7. The van der Waals surface area contributed by atoms with Crippen LogP contribution in [0.5, 0.6) is 0 Å². The van der Waals surface area contributed by atoms with Crippen LogP contribution in [0.25, 0.3) is 10.9 Å². The number of hydrogen-bond acceptors (Lipinski definition) is 3. The second-order valence-electron chi connectivity index (χ2n) is 5.07. The molecule has 0 aliphatic heterocycles. The first-order valence-corrected chi connectivity index (χ1v) is 7.10. The van der Waals surface area contributed by atoms with Crippen LogP contribution in [0.2, 0.25) is 0 Å². The van der Waals surface area contributed by atoms with Gasteiger partial charge in [0.25, 0.3) is 5.91 Å². The molecule has 2 aromatic carbocycles. The summed E-state index contributed by atoms with van der Waals surface area (Å²) in [6, 6.07) is 9.99. The molecule has 0 radical (unpaired) electrons. The number of benzene rings is 2. The van der Waals surface area contributed by atoms with E-state index in [2.05, 4.69) is 10.1 Å². The van der Waals surface area contributed by atoms with E-state index in [4.69, 9.17) is 0 Å². The summed E-state index contributed by atoms with van der Waals surface area (Å²) in [6.07, 6.45) is 0.329. The van der Waals surface area contributed by atoms with Gasteiger partial charge in [-0.15, -0.1) is 0 Å². The van der Waals surface area contributed by atoms with Gasteiger partial charge in [0.2, 0.25) is 5.82 Å². The van der Waals surface area contributed by atoms with Crippen LogP contribution in [-0.4, -0.2) is 17.1 Å². The average molecular weight is 365 g/mol. The van der Waals surface area contributed by atoms with Crippen LogP contribution in [0.4, 0.5) is 22.0 Å². The van der Waals surface area contributed by atoms with E-state index >= 15 is 0 Å². The summed E-state index contributed by atoms with van der Waals surface area (Å²) in [4.78, 5) is 16.0. The minimum atomic E-state index is -2.28. The lowest BCUT2D eigenvalue weighted by Gasteiger charge is -2.04. The van der Waals surface area contributed by atoms with Gasteiger partial charge in [-0.25, -0.2) is 32.4 Å². The number of carbonyl (C=O) groups excluding carboxylic acids is 1. The van der Waals surface area contributed by atoms with Gasteiger partial charge in [0.15, 0.2) is 23.3 Å². The van der Waals surface area contributed by atoms with Gasteiger partial charge in [0.05, 0.1) is 17.3 Å².